The summed E-state index contributed by atoms with van der Waals surface area (Å²) in [6, 6.07) is 0. The molecular weight excluding hydrogens is 176 g/mol. The lowest BCUT2D eigenvalue weighted by Crippen LogP contribution is -2.04. The lowest BCUT2D eigenvalue weighted by Gasteiger charge is -2.06. The average Bonchev–Trinajstić information content (AvgIpc) is 2.72. The van der Waals surface area contributed by atoms with Crippen LogP contribution in [0.3, 0.4) is 0 Å². The summed E-state index contributed by atoms with van der Waals surface area (Å²) in [5.74, 6) is 1.71. The van der Waals surface area contributed by atoms with Gasteiger partial charge in [0.2, 0.25) is 0 Å². The van der Waals surface area contributed by atoms with E-state index in [4.69, 9.17) is 5.11 Å². The fourth-order valence-electron chi connectivity index (χ4n) is 2.04. The number of hydrogen-bond donors (Lipinski definition) is 1. The van der Waals surface area contributed by atoms with Crippen molar-refractivity contribution in [2.75, 3.05) is 0 Å². The first-order chi connectivity index (χ1) is 6.88. The second-order valence-corrected chi connectivity index (χ2v) is 4.02. The van der Waals surface area contributed by atoms with Gasteiger partial charge in [-0.05, 0) is 5.92 Å². The molecule has 1 N–H and O–H groups in total. The maximum absolute atomic E-state index is 8.83. The molecular formula is C11H16N2O. The molecule has 3 heteroatoms. The van der Waals surface area contributed by atoms with Gasteiger partial charge in [-0.15, -0.1) is 0 Å². The molecule has 1 aromatic rings. The van der Waals surface area contributed by atoms with Gasteiger partial charge in [0.05, 0.1) is 6.61 Å². The predicted octanol–water partition coefficient (Wildman–Crippen LogP) is 1.70. The minimum atomic E-state index is 0.0315. The van der Waals surface area contributed by atoms with E-state index in [0.29, 0.717) is 0 Å². The minimum Gasteiger partial charge on any atom is -0.392 e. The maximum atomic E-state index is 8.83. The van der Waals surface area contributed by atoms with E-state index in [2.05, 4.69) is 9.97 Å². The smallest absolute Gasteiger partial charge is 0.128 e. The van der Waals surface area contributed by atoms with Gasteiger partial charge >= 0.3 is 0 Å². The number of aliphatic hydroxyl groups excluding tert-OH is 1. The molecule has 1 aromatic heterocycles. The first-order valence-corrected chi connectivity index (χ1v) is 5.29. The zero-order valence-corrected chi connectivity index (χ0v) is 8.32. The van der Waals surface area contributed by atoms with E-state index < -0.39 is 0 Å². The molecule has 0 aromatic carbocycles. The fourth-order valence-corrected chi connectivity index (χ4v) is 2.04. The highest BCUT2D eigenvalue weighted by molar-refractivity contribution is 5.03. The van der Waals surface area contributed by atoms with Crippen LogP contribution in [0.25, 0.3) is 0 Å². The highest BCUT2D eigenvalue weighted by atomic mass is 16.3. The number of rotatable bonds is 3. The van der Waals surface area contributed by atoms with E-state index in [1.165, 1.54) is 25.7 Å². The summed E-state index contributed by atoms with van der Waals surface area (Å²) in [5.41, 5.74) is 0.792. The first-order valence-electron chi connectivity index (χ1n) is 5.29. The maximum Gasteiger partial charge on any atom is 0.128 e. The third-order valence-corrected chi connectivity index (χ3v) is 2.89. The molecule has 0 spiro atoms. The van der Waals surface area contributed by atoms with Crippen LogP contribution < -0.4 is 0 Å². The van der Waals surface area contributed by atoms with Gasteiger partial charge in [-0.2, -0.15) is 0 Å². The molecule has 1 aliphatic rings. The van der Waals surface area contributed by atoms with Crippen LogP contribution in [0.4, 0.5) is 0 Å². The topological polar surface area (TPSA) is 46.0 Å². The second kappa shape index (κ2) is 4.51. The normalized spacial score (nSPS) is 17.5. The molecule has 1 aliphatic carbocycles. The van der Waals surface area contributed by atoms with Crippen molar-refractivity contribution in [1.29, 1.82) is 0 Å². The Labute approximate surface area is 84.2 Å². The van der Waals surface area contributed by atoms with Crippen LogP contribution in [-0.2, 0) is 13.0 Å². The lowest BCUT2D eigenvalue weighted by molar-refractivity contribution is 0.280. The van der Waals surface area contributed by atoms with Crippen LogP contribution in [0.2, 0.25) is 0 Å². The average molecular weight is 192 g/mol. The molecule has 0 saturated heterocycles. The Bertz CT molecular complexity index is 278. The quantitative estimate of drug-likeness (QED) is 0.792. The first kappa shape index (κ1) is 9.59. The van der Waals surface area contributed by atoms with E-state index in [9.17, 15) is 0 Å². The summed E-state index contributed by atoms with van der Waals surface area (Å²) in [6.07, 6.45) is 9.81. The zero-order chi connectivity index (χ0) is 9.80. The van der Waals surface area contributed by atoms with Gasteiger partial charge in [0.15, 0.2) is 0 Å². The summed E-state index contributed by atoms with van der Waals surface area (Å²) in [4.78, 5) is 8.48. The molecule has 3 nitrogen and oxygen atoms in total. The van der Waals surface area contributed by atoms with E-state index in [1.54, 1.807) is 12.4 Å². The van der Waals surface area contributed by atoms with Crippen molar-refractivity contribution in [1.82, 2.24) is 9.97 Å². The number of hydrogen-bond acceptors (Lipinski definition) is 3. The number of aromatic nitrogens is 2. The van der Waals surface area contributed by atoms with Crippen LogP contribution in [0.1, 0.15) is 37.1 Å². The Hall–Kier alpha value is -0.960. The molecule has 76 valence electrons. The highest BCUT2D eigenvalue weighted by Crippen LogP contribution is 2.26. The minimum absolute atomic E-state index is 0.0315. The Morgan fingerprint density at radius 1 is 1.21 bits per heavy atom. The Morgan fingerprint density at radius 2 is 1.86 bits per heavy atom. The molecule has 0 amide bonds. The van der Waals surface area contributed by atoms with Crippen molar-refractivity contribution in [2.45, 2.75) is 38.7 Å². The summed E-state index contributed by atoms with van der Waals surface area (Å²) in [5, 5.41) is 8.83. The van der Waals surface area contributed by atoms with Crippen molar-refractivity contribution >= 4 is 0 Å². The zero-order valence-electron chi connectivity index (χ0n) is 8.32. The van der Waals surface area contributed by atoms with Crippen molar-refractivity contribution < 1.29 is 5.11 Å². The van der Waals surface area contributed by atoms with Gasteiger partial charge in [-0.3, -0.25) is 0 Å². The Kier molecular flexibility index (Phi) is 3.09. The molecule has 0 unspecified atom stereocenters. The molecule has 1 heterocycles. The lowest BCUT2D eigenvalue weighted by atomic mass is 10.0. The van der Waals surface area contributed by atoms with Crippen molar-refractivity contribution in [2.24, 2.45) is 5.92 Å². The van der Waals surface area contributed by atoms with Crippen LogP contribution >= 0.6 is 0 Å². The Balaban J connectivity index is 1.95. The van der Waals surface area contributed by atoms with Gasteiger partial charge < -0.3 is 5.11 Å². The number of aliphatic hydroxyl groups is 1. The second-order valence-electron chi connectivity index (χ2n) is 4.02. The van der Waals surface area contributed by atoms with Gasteiger partial charge in [0, 0.05) is 24.4 Å². The molecule has 1 fully saturated rings. The summed E-state index contributed by atoms with van der Waals surface area (Å²) in [7, 11) is 0. The molecule has 14 heavy (non-hydrogen) atoms. The SMILES string of the molecule is OCc1cnc(CC2CCCC2)nc1. The van der Waals surface area contributed by atoms with Crippen LogP contribution in [0, 0.1) is 5.92 Å². The van der Waals surface area contributed by atoms with Crippen molar-refractivity contribution in [3.63, 3.8) is 0 Å². The van der Waals surface area contributed by atoms with Gasteiger partial charge in [0.1, 0.15) is 5.82 Å². The van der Waals surface area contributed by atoms with Gasteiger partial charge in [-0.25, -0.2) is 9.97 Å². The van der Waals surface area contributed by atoms with Crippen LogP contribution in [-0.4, -0.2) is 15.1 Å². The molecule has 0 aliphatic heterocycles. The Morgan fingerprint density at radius 3 is 2.43 bits per heavy atom. The molecule has 0 atom stereocenters. The molecule has 0 radical (unpaired) electrons. The number of nitrogens with zero attached hydrogens (tertiary/aromatic N) is 2. The summed E-state index contributed by atoms with van der Waals surface area (Å²) < 4.78 is 0. The third kappa shape index (κ3) is 2.29. The molecule has 1 saturated carbocycles. The van der Waals surface area contributed by atoms with E-state index in [-0.39, 0.29) is 6.61 Å². The van der Waals surface area contributed by atoms with Gasteiger partial charge in [0.25, 0.3) is 0 Å². The largest absolute Gasteiger partial charge is 0.392 e. The monoisotopic (exact) mass is 192 g/mol. The third-order valence-electron chi connectivity index (χ3n) is 2.89. The summed E-state index contributed by atoms with van der Waals surface area (Å²) in [6.45, 7) is 0.0315. The van der Waals surface area contributed by atoms with Crippen LogP contribution in [0.15, 0.2) is 12.4 Å². The van der Waals surface area contributed by atoms with Crippen molar-refractivity contribution in [3.05, 3.63) is 23.8 Å². The predicted molar refractivity (Wildman–Crippen MR) is 53.6 cm³/mol. The fraction of sp³-hybridized carbons (Fsp3) is 0.636. The summed E-state index contributed by atoms with van der Waals surface area (Å²) >= 11 is 0. The molecule has 0 bridgehead atoms. The highest BCUT2D eigenvalue weighted by Gasteiger charge is 2.16. The van der Waals surface area contributed by atoms with E-state index in [1.807, 2.05) is 0 Å². The van der Waals surface area contributed by atoms with E-state index in [0.717, 1.165) is 23.7 Å². The standard InChI is InChI=1S/C11H16N2O/c14-8-10-6-12-11(13-7-10)5-9-3-1-2-4-9/h6-7,9,14H,1-5,8H2. The van der Waals surface area contributed by atoms with Crippen LogP contribution in [0.5, 0.6) is 0 Å². The van der Waals surface area contributed by atoms with Crippen molar-refractivity contribution in [3.8, 4) is 0 Å². The van der Waals surface area contributed by atoms with E-state index >= 15 is 0 Å². The molecule has 2 rings (SSSR count). The van der Waals surface area contributed by atoms with Gasteiger partial charge in [-0.1, -0.05) is 25.7 Å².